The Hall–Kier alpha value is -3.01. The molecule has 3 rings (SSSR count). The molecule has 0 radical (unpaired) electrons. The van der Waals surface area contributed by atoms with Gasteiger partial charge in [0.15, 0.2) is 0 Å². The average Bonchev–Trinajstić information content (AvgIpc) is 2.97. The lowest BCUT2D eigenvalue weighted by atomic mass is 10.1. The first-order valence-corrected chi connectivity index (χ1v) is 7.14. The van der Waals surface area contributed by atoms with Crippen LogP contribution in [0.1, 0.15) is 11.1 Å². The Balaban J connectivity index is 1.96. The van der Waals surface area contributed by atoms with Crippen molar-refractivity contribution < 1.29 is 19.0 Å². The molecule has 116 valence electrons. The number of benzene rings is 2. The summed E-state index contributed by atoms with van der Waals surface area (Å²) in [5.41, 5.74) is 2.13. The van der Waals surface area contributed by atoms with E-state index in [9.17, 15) is 4.79 Å². The lowest BCUT2D eigenvalue weighted by Crippen LogP contribution is -1.97. The van der Waals surface area contributed by atoms with Crippen molar-refractivity contribution in [2.75, 3.05) is 14.2 Å². The van der Waals surface area contributed by atoms with E-state index in [1.165, 1.54) is 0 Å². The molecule has 4 heteroatoms. The van der Waals surface area contributed by atoms with Gasteiger partial charge >= 0.3 is 5.97 Å². The summed E-state index contributed by atoms with van der Waals surface area (Å²) in [5, 5.41) is 0. The van der Waals surface area contributed by atoms with E-state index in [-0.39, 0.29) is 5.97 Å². The predicted molar refractivity (Wildman–Crippen MR) is 88.0 cm³/mol. The van der Waals surface area contributed by atoms with Gasteiger partial charge < -0.3 is 14.2 Å². The third-order valence-corrected chi connectivity index (χ3v) is 3.53. The zero-order chi connectivity index (χ0) is 16.2. The van der Waals surface area contributed by atoms with Gasteiger partial charge in [0.2, 0.25) is 0 Å². The molecule has 0 N–H and O–H groups in total. The highest BCUT2D eigenvalue weighted by Gasteiger charge is 2.22. The fourth-order valence-corrected chi connectivity index (χ4v) is 2.34. The molecule has 23 heavy (non-hydrogen) atoms. The second kappa shape index (κ2) is 6.40. The van der Waals surface area contributed by atoms with E-state index in [1.54, 1.807) is 32.4 Å². The minimum atomic E-state index is -0.373. The van der Waals surface area contributed by atoms with Crippen LogP contribution < -0.4 is 9.47 Å². The Kier molecular flexibility index (Phi) is 4.15. The first-order valence-electron chi connectivity index (χ1n) is 7.14. The summed E-state index contributed by atoms with van der Waals surface area (Å²) in [6.45, 7) is 0. The first kappa shape index (κ1) is 14.9. The molecule has 4 nitrogen and oxygen atoms in total. The maximum absolute atomic E-state index is 12.1. The average molecular weight is 308 g/mol. The lowest BCUT2D eigenvalue weighted by Gasteiger charge is -2.07. The van der Waals surface area contributed by atoms with Crippen LogP contribution in [0.5, 0.6) is 11.5 Å². The van der Waals surface area contributed by atoms with Crippen LogP contribution in [0.25, 0.3) is 11.8 Å². The molecule has 2 aromatic rings. The molecule has 0 saturated heterocycles. The van der Waals surface area contributed by atoms with Gasteiger partial charge in [0.25, 0.3) is 0 Å². The topological polar surface area (TPSA) is 44.8 Å². The minimum Gasteiger partial charge on any atom is -0.497 e. The second-order valence-electron chi connectivity index (χ2n) is 4.97. The maximum Gasteiger partial charge on any atom is 0.343 e. The Morgan fingerprint density at radius 2 is 1.78 bits per heavy atom. The van der Waals surface area contributed by atoms with E-state index in [1.807, 2.05) is 42.5 Å². The van der Waals surface area contributed by atoms with E-state index in [2.05, 4.69) is 0 Å². The van der Waals surface area contributed by atoms with Gasteiger partial charge in [-0.2, -0.15) is 0 Å². The second-order valence-corrected chi connectivity index (χ2v) is 4.97. The maximum atomic E-state index is 12.1. The molecule has 0 saturated carbocycles. The molecule has 1 heterocycles. The van der Waals surface area contributed by atoms with Crippen molar-refractivity contribution in [3.8, 4) is 11.5 Å². The van der Waals surface area contributed by atoms with Gasteiger partial charge in [-0.15, -0.1) is 0 Å². The van der Waals surface area contributed by atoms with Crippen LogP contribution in [0.15, 0.2) is 60.2 Å². The van der Waals surface area contributed by atoms with Gasteiger partial charge in [-0.05, 0) is 24.3 Å². The summed E-state index contributed by atoms with van der Waals surface area (Å²) < 4.78 is 15.9. The molecule has 0 amide bonds. The summed E-state index contributed by atoms with van der Waals surface area (Å²) in [7, 11) is 3.17. The van der Waals surface area contributed by atoms with Crippen LogP contribution in [-0.2, 0) is 9.53 Å². The van der Waals surface area contributed by atoms with Gasteiger partial charge in [-0.1, -0.05) is 30.3 Å². The number of cyclic esters (lactones) is 1. The van der Waals surface area contributed by atoms with E-state index >= 15 is 0 Å². The zero-order valence-corrected chi connectivity index (χ0v) is 12.9. The normalized spacial score (nSPS) is 15.3. The Morgan fingerprint density at radius 1 is 1.00 bits per heavy atom. The molecule has 0 atom stereocenters. The van der Waals surface area contributed by atoms with Gasteiger partial charge in [-0.3, -0.25) is 0 Å². The summed E-state index contributed by atoms with van der Waals surface area (Å²) in [5.74, 6) is 1.50. The van der Waals surface area contributed by atoms with Crippen molar-refractivity contribution >= 4 is 17.8 Å². The summed E-state index contributed by atoms with van der Waals surface area (Å²) >= 11 is 0. The van der Waals surface area contributed by atoms with Crippen molar-refractivity contribution in [2.45, 2.75) is 0 Å². The van der Waals surface area contributed by atoms with E-state index in [4.69, 9.17) is 14.2 Å². The van der Waals surface area contributed by atoms with Crippen LogP contribution in [0, 0.1) is 0 Å². The van der Waals surface area contributed by atoms with E-state index in [0.29, 0.717) is 22.8 Å². The highest BCUT2D eigenvalue weighted by atomic mass is 16.5. The molecule has 0 aliphatic carbocycles. The molecule has 0 fully saturated rings. The number of carbonyl (C=O) groups is 1. The van der Waals surface area contributed by atoms with Crippen LogP contribution in [0.4, 0.5) is 0 Å². The standard InChI is InChI=1S/C19H16O4/c1-21-16-9-8-14(17(12-16)22-2)10-15-11-18(23-19(15)20)13-6-4-3-5-7-13/h3-12H,1-2H3/b15-10-. The van der Waals surface area contributed by atoms with Crippen LogP contribution >= 0.6 is 0 Å². The minimum absolute atomic E-state index is 0.373. The first-order chi connectivity index (χ1) is 11.2. The molecule has 2 aromatic carbocycles. The predicted octanol–water partition coefficient (Wildman–Crippen LogP) is 3.69. The fourth-order valence-electron chi connectivity index (χ4n) is 2.34. The number of hydrogen-bond donors (Lipinski definition) is 0. The molecule has 0 spiro atoms. The third kappa shape index (κ3) is 3.11. The van der Waals surface area contributed by atoms with Gasteiger partial charge in [0.05, 0.1) is 19.8 Å². The van der Waals surface area contributed by atoms with Crippen molar-refractivity contribution in [1.82, 2.24) is 0 Å². The number of esters is 1. The van der Waals surface area contributed by atoms with Crippen molar-refractivity contribution in [3.05, 3.63) is 71.3 Å². The van der Waals surface area contributed by atoms with Crippen molar-refractivity contribution in [3.63, 3.8) is 0 Å². The Bertz CT molecular complexity index is 788. The number of rotatable bonds is 4. The molecule has 0 unspecified atom stereocenters. The van der Waals surface area contributed by atoms with Crippen molar-refractivity contribution in [1.29, 1.82) is 0 Å². The molecule has 0 aromatic heterocycles. The van der Waals surface area contributed by atoms with Crippen LogP contribution in [0.3, 0.4) is 0 Å². The molecule has 0 bridgehead atoms. The molecular weight excluding hydrogens is 292 g/mol. The fraction of sp³-hybridized carbons (Fsp3) is 0.105. The van der Waals surface area contributed by atoms with Crippen LogP contribution in [0.2, 0.25) is 0 Å². The molecule has 1 aliphatic heterocycles. The number of methoxy groups -OCH3 is 2. The van der Waals surface area contributed by atoms with Crippen LogP contribution in [-0.4, -0.2) is 20.2 Å². The van der Waals surface area contributed by atoms with E-state index in [0.717, 1.165) is 11.1 Å². The highest BCUT2D eigenvalue weighted by Crippen LogP contribution is 2.31. The highest BCUT2D eigenvalue weighted by molar-refractivity contribution is 6.05. The monoisotopic (exact) mass is 308 g/mol. The van der Waals surface area contributed by atoms with Gasteiger partial charge in [0, 0.05) is 17.2 Å². The third-order valence-electron chi connectivity index (χ3n) is 3.53. The zero-order valence-electron chi connectivity index (χ0n) is 12.9. The lowest BCUT2D eigenvalue weighted by molar-refractivity contribution is -0.130. The van der Waals surface area contributed by atoms with Gasteiger partial charge in [-0.25, -0.2) is 4.79 Å². The van der Waals surface area contributed by atoms with E-state index < -0.39 is 0 Å². The Labute approximate surface area is 134 Å². The number of hydrogen-bond acceptors (Lipinski definition) is 4. The Morgan fingerprint density at radius 3 is 2.48 bits per heavy atom. The molecule has 1 aliphatic rings. The summed E-state index contributed by atoms with van der Waals surface area (Å²) in [4.78, 5) is 12.1. The number of carbonyl (C=O) groups excluding carboxylic acids is 1. The smallest absolute Gasteiger partial charge is 0.343 e. The summed E-state index contributed by atoms with van der Waals surface area (Å²) in [6.07, 6.45) is 3.48. The largest absolute Gasteiger partial charge is 0.497 e. The number of ether oxygens (including phenoxy) is 3. The quantitative estimate of drug-likeness (QED) is 0.638. The SMILES string of the molecule is COc1ccc(/C=C2/C=C(c3ccccc3)OC2=O)c(OC)c1. The molecular formula is C19H16O4. The van der Waals surface area contributed by atoms with Crippen molar-refractivity contribution in [2.24, 2.45) is 0 Å². The summed E-state index contributed by atoms with van der Waals surface area (Å²) in [6, 6.07) is 14.9. The van der Waals surface area contributed by atoms with Gasteiger partial charge in [0.1, 0.15) is 17.3 Å².